The van der Waals surface area contributed by atoms with Crippen LogP contribution < -0.4 is 10.6 Å². The van der Waals surface area contributed by atoms with Gasteiger partial charge in [-0.05, 0) is 6.42 Å². The number of aromatic nitrogens is 1. The lowest BCUT2D eigenvalue weighted by molar-refractivity contribution is -0.129. The second-order valence-corrected chi connectivity index (χ2v) is 8.39. The van der Waals surface area contributed by atoms with E-state index in [1.54, 1.807) is 18.4 Å². The van der Waals surface area contributed by atoms with Crippen LogP contribution in [-0.4, -0.2) is 54.5 Å². The fraction of sp³-hybridized carbons (Fsp3) is 0.722. The molecule has 2 heterocycles. The first-order valence-electron chi connectivity index (χ1n) is 9.03. The summed E-state index contributed by atoms with van der Waals surface area (Å²) in [7, 11) is 1.78. The van der Waals surface area contributed by atoms with E-state index in [1.807, 2.05) is 11.8 Å². The fourth-order valence-corrected chi connectivity index (χ4v) is 3.80. The van der Waals surface area contributed by atoms with Crippen LogP contribution in [0.3, 0.4) is 0 Å². The molecule has 7 heteroatoms. The zero-order valence-electron chi connectivity index (χ0n) is 16.1. The van der Waals surface area contributed by atoms with E-state index in [4.69, 9.17) is 4.98 Å². The molecule has 1 aliphatic rings. The highest BCUT2D eigenvalue weighted by Crippen LogP contribution is 2.23. The molecule has 0 radical (unpaired) electrons. The summed E-state index contributed by atoms with van der Waals surface area (Å²) in [6.07, 6.45) is 2.42. The number of aliphatic imine (C=N–C) groups is 1. The average Bonchev–Trinajstić information content (AvgIpc) is 3.22. The van der Waals surface area contributed by atoms with E-state index in [0.717, 1.165) is 49.1 Å². The van der Waals surface area contributed by atoms with Gasteiger partial charge in [0.1, 0.15) is 0 Å². The Morgan fingerprint density at radius 3 is 2.84 bits per heavy atom. The van der Waals surface area contributed by atoms with E-state index in [9.17, 15) is 4.79 Å². The molecule has 140 valence electrons. The van der Waals surface area contributed by atoms with Crippen LogP contribution in [0.15, 0.2) is 10.4 Å². The maximum atomic E-state index is 11.8. The third-order valence-electron chi connectivity index (χ3n) is 4.36. The standard InChI is InChI=1S/C18H31N5OS/c1-6-16(24)23-10-8-13(11-23)21-17(19-5)20-9-7-15-22-14(12-25-15)18(2,3)4/h12-13H,6-11H2,1-5H3,(H2,19,20,21). The van der Waals surface area contributed by atoms with E-state index in [0.29, 0.717) is 6.42 Å². The number of nitrogens with zero attached hydrogens (tertiary/aromatic N) is 3. The summed E-state index contributed by atoms with van der Waals surface area (Å²) in [6.45, 7) is 10.8. The summed E-state index contributed by atoms with van der Waals surface area (Å²) in [5.74, 6) is 1.02. The monoisotopic (exact) mass is 365 g/mol. The number of amides is 1. The lowest BCUT2D eigenvalue weighted by Crippen LogP contribution is -2.45. The second kappa shape index (κ2) is 8.65. The Morgan fingerprint density at radius 2 is 2.24 bits per heavy atom. The zero-order valence-corrected chi connectivity index (χ0v) is 16.9. The van der Waals surface area contributed by atoms with E-state index in [2.05, 4.69) is 41.8 Å². The largest absolute Gasteiger partial charge is 0.356 e. The van der Waals surface area contributed by atoms with Crippen LogP contribution in [0, 0.1) is 0 Å². The molecule has 1 unspecified atom stereocenters. The highest BCUT2D eigenvalue weighted by Gasteiger charge is 2.25. The number of thiazole rings is 1. The van der Waals surface area contributed by atoms with Gasteiger partial charge < -0.3 is 15.5 Å². The summed E-state index contributed by atoms with van der Waals surface area (Å²) < 4.78 is 0. The van der Waals surface area contributed by atoms with Gasteiger partial charge >= 0.3 is 0 Å². The SMILES string of the molecule is CCC(=O)N1CCC(NC(=NC)NCCc2nc(C(C)(C)C)cs2)C1. The molecule has 0 aromatic carbocycles. The minimum atomic E-state index is 0.101. The Bertz CT molecular complexity index is 605. The molecule has 1 aliphatic heterocycles. The van der Waals surface area contributed by atoms with Crippen LogP contribution in [0.25, 0.3) is 0 Å². The Hall–Kier alpha value is -1.63. The molecule has 0 spiro atoms. The number of nitrogens with one attached hydrogen (secondary N) is 2. The molecule has 0 aliphatic carbocycles. The Balaban J connectivity index is 1.76. The molecule has 1 aromatic rings. The smallest absolute Gasteiger partial charge is 0.222 e. The maximum absolute atomic E-state index is 11.8. The fourth-order valence-electron chi connectivity index (χ4n) is 2.77. The van der Waals surface area contributed by atoms with Crippen LogP contribution in [0.4, 0.5) is 0 Å². The maximum Gasteiger partial charge on any atom is 0.222 e. The van der Waals surface area contributed by atoms with E-state index in [1.165, 1.54) is 0 Å². The van der Waals surface area contributed by atoms with Gasteiger partial charge in [-0.2, -0.15) is 0 Å². The predicted molar refractivity (Wildman–Crippen MR) is 104 cm³/mol. The molecule has 2 N–H and O–H groups in total. The van der Waals surface area contributed by atoms with Gasteiger partial charge in [0.2, 0.25) is 5.91 Å². The number of likely N-dealkylation sites (tertiary alicyclic amines) is 1. The van der Waals surface area contributed by atoms with Crippen LogP contribution in [0.1, 0.15) is 51.2 Å². The number of hydrogen-bond donors (Lipinski definition) is 2. The van der Waals surface area contributed by atoms with Gasteiger partial charge in [0.15, 0.2) is 5.96 Å². The molecule has 25 heavy (non-hydrogen) atoms. The zero-order chi connectivity index (χ0) is 18.4. The number of rotatable bonds is 5. The third kappa shape index (κ3) is 5.70. The van der Waals surface area contributed by atoms with Crippen LogP contribution in [0.2, 0.25) is 0 Å². The first-order valence-corrected chi connectivity index (χ1v) is 9.91. The van der Waals surface area contributed by atoms with Crippen molar-refractivity contribution in [3.63, 3.8) is 0 Å². The number of carbonyl (C=O) groups is 1. The summed E-state index contributed by atoms with van der Waals surface area (Å²) in [6, 6.07) is 0.272. The van der Waals surface area contributed by atoms with Gasteiger partial charge in [0.05, 0.1) is 10.7 Å². The van der Waals surface area contributed by atoms with Crippen molar-refractivity contribution >= 4 is 23.2 Å². The summed E-state index contributed by atoms with van der Waals surface area (Å²) >= 11 is 1.72. The molecule has 0 saturated carbocycles. The molecule has 0 bridgehead atoms. The number of guanidine groups is 1. The van der Waals surface area contributed by atoms with Crippen LogP contribution >= 0.6 is 11.3 Å². The van der Waals surface area contributed by atoms with Crippen molar-refractivity contribution in [3.8, 4) is 0 Å². The van der Waals surface area contributed by atoms with Gasteiger partial charge in [-0.15, -0.1) is 11.3 Å². The van der Waals surface area contributed by atoms with E-state index < -0.39 is 0 Å². The molecule has 1 saturated heterocycles. The average molecular weight is 366 g/mol. The van der Waals surface area contributed by atoms with Crippen molar-refractivity contribution < 1.29 is 4.79 Å². The van der Waals surface area contributed by atoms with Gasteiger partial charge in [0.25, 0.3) is 0 Å². The number of carbonyl (C=O) groups excluding carboxylic acids is 1. The molecule has 1 aromatic heterocycles. The van der Waals surface area contributed by atoms with Gasteiger partial charge in [-0.3, -0.25) is 9.79 Å². The third-order valence-corrected chi connectivity index (χ3v) is 5.27. The molecular weight excluding hydrogens is 334 g/mol. The molecule has 6 nitrogen and oxygen atoms in total. The van der Waals surface area contributed by atoms with E-state index in [-0.39, 0.29) is 17.4 Å². The summed E-state index contributed by atoms with van der Waals surface area (Å²) in [5.41, 5.74) is 1.26. The molecule has 2 rings (SSSR count). The van der Waals surface area contributed by atoms with Crippen molar-refractivity contribution in [1.29, 1.82) is 0 Å². The first-order chi connectivity index (χ1) is 11.8. The highest BCUT2D eigenvalue weighted by atomic mass is 32.1. The van der Waals surface area contributed by atoms with Crippen molar-refractivity contribution in [2.24, 2.45) is 4.99 Å². The normalized spacial score (nSPS) is 18.5. The van der Waals surface area contributed by atoms with Crippen LogP contribution in [-0.2, 0) is 16.6 Å². The Morgan fingerprint density at radius 1 is 1.48 bits per heavy atom. The van der Waals surface area contributed by atoms with E-state index >= 15 is 0 Å². The minimum Gasteiger partial charge on any atom is -0.356 e. The van der Waals surface area contributed by atoms with Gasteiger partial charge in [0, 0.05) is 56.4 Å². The van der Waals surface area contributed by atoms with Gasteiger partial charge in [-0.1, -0.05) is 27.7 Å². The Kier molecular flexibility index (Phi) is 6.81. The summed E-state index contributed by atoms with van der Waals surface area (Å²) in [5, 5.41) is 10.1. The minimum absolute atomic E-state index is 0.101. The molecule has 1 fully saturated rings. The van der Waals surface area contributed by atoms with Gasteiger partial charge in [-0.25, -0.2) is 4.98 Å². The second-order valence-electron chi connectivity index (χ2n) is 7.45. The molecule has 1 atom stereocenters. The highest BCUT2D eigenvalue weighted by molar-refractivity contribution is 7.09. The van der Waals surface area contributed by atoms with Crippen LogP contribution in [0.5, 0.6) is 0 Å². The number of hydrogen-bond acceptors (Lipinski definition) is 4. The van der Waals surface area contributed by atoms with Crippen molar-refractivity contribution in [3.05, 3.63) is 16.1 Å². The van der Waals surface area contributed by atoms with Crippen molar-refractivity contribution in [1.82, 2.24) is 20.5 Å². The molecular formula is C18H31N5OS. The predicted octanol–water partition coefficient (Wildman–Crippen LogP) is 2.16. The molecule has 1 amide bonds. The lowest BCUT2D eigenvalue weighted by Gasteiger charge is -2.18. The topological polar surface area (TPSA) is 69.6 Å². The lowest BCUT2D eigenvalue weighted by atomic mass is 9.93. The quantitative estimate of drug-likeness (QED) is 0.620. The van der Waals surface area contributed by atoms with Crippen molar-refractivity contribution in [2.75, 3.05) is 26.7 Å². The van der Waals surface area contributed by atoms with Crippen molar-refractivity contribution in [2.45, 2.75) is 58.4 Å². The first kappa shape index (κ1) is 19.7. The Labute approximate surface area is 155 Å². The summed E-state index contributed by atoms with van der Waals surface area (Å²) in [4.78, 5) is 22.7.